The molecule has 0 aliphatic heterocycles. The zero-order chi connectivity index (χ0) is 11.5. The van der Waals surface area contributed by atoms with Gasteiger partial charge in [-0.25, -0.2) is 0 Å². The number of hydrogen-bond acceptors (Lipinski definition) is 3. The fourth-order valence-electron chi connectivity index (χ4n) is 1.05. The van der Waals surface area contributed by atoms with Crippen molar-refractivity contribution in [3.05, 3.63) is 23.8 Å². The molecule has 0 bridgehead atoms. The van der Waals surface area contributed by atoms with Gasteiger partial charge in [0.25, 0.3) is 0 Å². The Balaban J connectivity index is 3.12. The van der Waals surface area contributed by atoms with Gasteiger partial charge >= 0.3 is 6.36 Å². The predicted octanol–water partition coefficient (Wildman–Crippen LogP) is 2.41. The van der Waals surface area contributed by atoms with E-state index in [2.05, 4.69) is 9.47 Å². The first kappa shape index (κ1) is 11.4. The van der Waals surface area contributed by atoms with Gasteiger partial charge in [-0.1, -0.05) is 6.07 Å². The highest BCUT2D eigenvalue weighted by molar-refractivity contribution is 5.81. The van der Waals surface area contributed by atoms with Crippen molar-refractivity contribution in [2.45, 2.75) is 6.36 Å². The van der Waals surface area contributed by atoms with Crippen molar-refractivity contribution >= 4 is 6.29 Å². The zero-order valence-electron chi connectivity index (χ0n) is 7.67. The molecule has 0 saturated carbocycles. The molecule has 0 amide bonds. The van der Waals surface area contributed by atoms with Crippen LogP contribution in [0.4, 0.5) is 13.2 Å². The van der Waals surface area contributed by atoms with E-state index in [0.29, 0.717) is 6.29 Å². The van der Waals surface area contributed by atoms with Crippen LogP contribution in [0.5, 0.6) is 11.5 Å². The Morgan fingerprint density at radius 2 is 2.00 bits per heavy atom. The van der Waals surface area contributed by atoms with Crippen molar-refractivity contribution in [3.8, 4) is 11.5 Å². The van der Waals surface area contributed by atoms with Gasteiger partial charge in [-0.2, -0.15) is 0 Å². The number of carbonyl (C=O) groups excluding carboxylic acids is 1. The summed E-state index contributed by atoms with van der Waals surface area (Å²) in [5.74, 6) is -0.764. The van der Waals surface area contributed by atoms with E-state index in [1.807, 2.05) is 0 Å². The van der Waals surface area contributed by atoms with Crippen molar-refractivity contribution in [2.24, 2.45) is 0 Å². The lowest BCUT2D eigenvalue weighted by Gasteiger charge is -2.13. The summed E-state index contributed by atoms with van der Waals surface area (Å²) >= 11 is 0. The van der Waals surface area contributed by atoms with Gasteiger partial charge in [-0.15, -0.1) is 13.2 Å². The molecule has 0 unspecified atom stereocenters. The van der Waals surface area contributed by atoms with Crippen LogP contribution < -0.4 is 9.47 Å². The van der Waals surface area contributed by atoms with Gasteiger partial charge in [0.05, 0.1) is 12.7 Å². The lowest BCUT2D eigenvalue weighted by Crippen LogP contribution is -2.17. The fourth-order valence-corrected chi connectivity index (χ4v) is 1.05. The van der Waals surface area contributed by atoms with Crippen molar-refractivity contribution in [2.75, 3.05) is 7.11 Å². The topological polar surface area (TPSA) is 35.5 Å². The van der Waals surface area contributed by atoms with Crippen LogP contribution in [0.25, 0.3) is 0 Å². The highest BCUT2D eigenvalue weighted by atomic mass is 19.4. The van der Waals surface area contributed by atoms with Gasteiger partial charge in [0.15, 0.2) is 17.8 Å². The quantitative estimate of drug-likeness (QED) is 0.733. The summed E-state index contributed by atoms with van der Waals surface area (Å²) in [5, 5.41) is 0. The lowest BCUT2D eigenvalue weighted by molar-refractivity contribution is -0.275. The number of carbonyl (C=O) groups is 1. The predicted molar refractivity (Wildman–Crippen MR) is 45.1 cm³/mol. The summed E-state index contributed by atoms with van der Waals surface area (Å²) in [5.41, 5.74) is -0.000694. The number of hydrogen-bond donors (Lipinski definition) is 0. The minimum absolute atomic E-state index is 0.000694. The van der Waals surface area contributed by atoms with Crippen LogP contribution in [0.3, 0.4) is 0 Å². The molecule has 0 aromatic heterocycles. The highest BCUT2D eigenvalue weighted by Crippen LogP contribution is 2.33. The van der Waals surface area contributed by atoms with Crippen LogP contribution in [0.2, 0.25) is 0 Å². The molecular weight excluding hydrogens is 213 g/mol. The molecule has 15 heavy (non-hydrogen) atoms. The number of para-hydroxylation sites is 1. The Labute approximate surface area is 83.4 Å². The second kappa shape index (κ2) is 4.20. The average Bonchev–Trinajstić information content (AvgIpc) is 2.15. The number of benzene rings is 1. The van der Waals surface area contributed by atoms with E-state index in [-0.39, 0.29) is 11.3 Å². The van der Waals surface area contributed by atoms with E-state index in [1.54, 1.807) is 0 Å². The summed E-state index contributed by atoms with van der Waals surface area (Å²) in [4.78, 5) is 10.5. The van der Waals surface area contributed by atoms with E-state index >= 15 is 0 Å². The molecule has 0 aliphatic rings. The smallest absolute Gasteiger partial charge is 0.492 e. The zero-order valence-corrected chi connectivity index (χ0v) is 7.67. The Hall–Kier alpha value is -1.72. The summed E-state index contributed by atoms with van der Waals surface area (Å²) in [6.45, 7) is 0. The Bertz CT molecular complexity index is 360. The third kappa shape index (κ3) is 2.87. The molecular formula is C9H7F3O3. The third-order valence-corrected chi connectivity index (χ3v) is 1.57. The normalized spacial score (nSPS) is 10.9. The standard InChI is InChI=1S/C9H7F3O3/c1-14-8-6(5-13)3-2-4-7(8)15-9(10,11)12/h2-5H,1H3. The van der Waals surface area contributed by atoms with Crippen molar-refractivity contribution in [3.63, 3.8) is 0 Å². The molecule has 0 heterocycles. The molecule has 0 N–H and O–H groups in total. The van der Waals surface area contributed by atoms with Crippen LogP contribution in [0.1, 0.15) is 10.4 Å². The Morgan fingerprint density at radius 3 is 2.47 bits per heavy atom. The second-order valence-corrected chi connectivity index (χ2v) is 2.54. The molecule has 0 atom stereocenters. The first-order valence-corrected chi connectivity index (χ1v) is 3.86. The maximum absolute atomic E-state index is 11.9. The maximum Gasteiger partial charge on any atom is 0.573 e. The number of alkyl halides is 3. The molecule has 0 spiro atoms. The minimum Gasteiger partial charge on any atom is -0.492 e. The van der Waals surface area contributed by atoms with E-state index in [9.17, 15) is 18.0 Å². The monoisotopic (exact) mass is 220 g/mol. The van der Waals surface area contributed by atoms with Gasteiger partial charge < -0.3 is 9.47 Å². The van der Waals surface area contributed by atoms with E-state index in [4.69, 9.17) is 0 Å². The highest BCUT2D eigenvalue weighted by Gasteiger charge is 2.32. The van der Waals surface area contributed by atoms with E-state index in [1.165, 1.54) is 12.1 Å². The average molecular weight is 220 g/mol. The first-order valence-electron chi connectivity index (χ1n) is 3.86. The number of aldehydes is 1. The van der Waals surface area contributed by atoms with Gasteiger partial charge in [0.2, 0.25) is 0 Å². The largest absolute Gasteiger partial charge is 0.573 e. The SMILES string of the molecule is COc1c(C=O)cccc1OC(F)(F)F. The van der Waals surface area contributed by atoms with Gasteiger partial charge in [0.1, 0.15) is 0 Å². The Kier molecular flexibility index (Phi) is 3.18. The molecule has 0 radical (unpaired) electrons. The van der Waals surface area contributed by atoms with Gasteiger partial charge in [0, 0.05) is 0 Å². The number of rotatable bonds is 3. The molecule has 1 aromatic carbocycles. The molecule has 1 rings (SSSR count). The molecule has 0 aliphatic carbocycles. The second-order valence-electron chi connectivity index (χ2n) is 2.54. The number of halogens is 3. The van der Waals surface area contributed by atoms with Crippen LogP contribution in [0, 0.1) is 0 Å². The number of methoxy groups -OCH3 is 1. The van der Waals surface area contributed by atoms with Crippen molar-refractivity contribution < 1.29 is 27.4 Å². The van der Waals surface area contributed by atoms with E-state index in [0.717, 1.165) is 13.2 Å². The fraction of sp³-hybridized carbons (Fsp3) is 0.222. The summed E-state index contributed by atoms with van der Waals surface area (Å²) in [7, 11) is 1.16. The molecule has 1 aromatic rings. The summed E-state index contributed by atoms with van der Waals surface area (Å²) in [6, 6.07) is 3.67. The first-order chi connectivity index (χ1) is 6.98. The lowest BCUT2D eigenvalue weighted by atomic mass is 10.2. The van der Waals surface area contributed by atoms with E-state index < -0.39 is 12.1 Å². The number of ether oxygens (including phenoxy) is 2. The molecule has 0 fully saturated rings. The molecule has 6 heteroatoms. The third-order valence-electron chi connectivity index (χ3n) is 1.57. The van der Waals surface area contributed by atoms with Crippen LogP contribution in [-0.2, 0) is 0 Å². The van der Waals surface area contributed by atoms with Crippen molar-refractivity contribution in [1.82, 2.24) is 0 Å². The van der Waals surface area contributed by atoms with Gasteiger partial charge in [-0.05, 0) is 12.1 Å². The maximum atomic E-state index is 11.9. The minimum atomic E-state index is -4.81. The summed E-state index contributed by atoms with van der Waals surface area (Å²) in [6.07, 6.45) is -4.42. The van der Waals surface area contributed by atoms with Gasteiger partial charge in [-0.3, -0.25) is 4.79 Å². The van der Waals surface area contributed by atoms with Crippen LogP contribution in [0.15, 0.2) is 18.2 Å². The van der Waals surface area contributed by atoms with Crippen LogP contribution in [-0.4, -0.2) is 19.8 Å². The molecule has 0 saturated heterocycles. The Morgan fingerprint density at radius 1 is 1.33 bits per heavy atom. The molecule has 82 valence electrons. The van der Waals surface area contributed by atoms with Crippen molar-refractivity contribution in [1.29, 1.82) is 0 Å². The van der Waals surface area contributed by atoms with Crippen LogP contribution >= 0.6 is 0 Å². The molecule has 3 nitrogen and oxygen atoms in total. The summed E-state index contributed by atoms with van der Waals surface area (Å²) < 4.78 is 44.1.